The highest BCUT2D eigenvalue weighted by Crippen LogP contribution is 2.19. The smallest absolute Gasteiger partial charge is 0.253 e. The van der Waals surface area contributed by atoms with Crippen molar-refractivity contribution in [3.8, 4) is 23.7 Å². The lowest BCUT2D eigenvalue weighted by Crippen LogP contribution is -2.39. The van der Waals surface area contributed by atoms with E-state index in [1.165, 1.54) is 49.5 Å². The van der Waals surface area contributed by atoms with Crippen LogP contribution in [0.4, 0.5) is 8.78 Å². The lowest BCUT2D eigenvalue weighted by Gasteiger charge is -2.26. The summed E-state index contributed by atoms with van der Waals surface area (Å²) in [6.45, 7) is 0. The van der Waals surface area contributed by atoms with Crippen molar-refractivity contribution in [3.63, 3.8) is 0 Å². The molecule has 6 rings (SSSR count). The van der Waals surface area contributed by atoms with E-state index in [-0.39, 0.29) is 23.4 Å². The van der Waals surface area contributed by atoms with Crippen LogP contribution >= 0.6 is 0 Å². The first-order chi connectivity index (χ1) is 21.4. The van der Waals surface area contributed by atoms with Crippen LogP contribution in [0, 0.1) is 35.3 Å². The predicted octanol–water partition coefficient (Wildman–Crippen LogP) is 5.81. The van der Waals surface area contributed by atoms with Crippen LogP contribution in [-0.2, 0) is 0 Å². The summed E-state index contributed by atoms with van der Waals surface area (Å²) in [6, 6.07) is 19.6. The molecule has 44 heavy (non-hydrogen) atoms. The van der Waals surface area contributed by atoms with E-state index in [9.17, 15) is 18.4 Å². The molecule has 0 bridgehead atoms. The van der Waals surface area contributed by atoms with Crippen LogP contribution in [0.2, 0.25) is 0 Å². The van der Waals surface area contributed by atoms with Gasteiger partial charge in [0.15, 0.2) is 0 Å². The highest BCUT2D eigenvalue weighted by atomic mass is 19.1. The minimum absolute atomic E-state index is 0.0955. The predicted molar refractivity (Wildman–Crippen MR) is 163 cm³/mol. The normalized spacial score (nSPS) is 13.7. The Morgan fingerprint density at radius 3 is 1.36 bits per heavy atom. The number of pyridine rings is 2. The third-order valence-corrected chi connectivity index (χ3v) is 7.25. The summed E-state index contributed by atoms with van der Waals surface area (Å²) in [6.07, 6.45) is 9.60. The zero-order valence-electron chi connectivity index (χ0n) is 23.9. The molecule has 2 heterocycles. The number of benzene rings is 2. The second-order valence-corrected chi connectivity index (χ2v) is 10.6. The van der Waals surface area contributed by atoms with E-state index in [0.717, 1.165) is 25.7 Å². The van der Waals surface area contributed by atoms with Crippen molar-refractivity contribution in [3.05, 3.63) is 130 Å². The van der Waals surface area contributed by atoms with E-state index in [0.29, 0.717) is 45.7 Å². The molecule has 2 amide bonds. The van der Waals surface area contributed by atoms with Gasteiger partial charge in [-0.25, -0.2) is 18.7 Å². The van der Waals surface area contributed by atoms with Crippen LogP contribution < -0.4 is 10.6 Å². The largest absolute Gasteiger partial charge is 0.349 e. The molecule has 2 aliphatic carbocycles. The SMILES string of the molecule is O=C(NC1CCC1)c1ccc(C#Cc2cccc(F)c2)nc1.O=C(NC1CCC1)c1ccc(C#Cc2cccc(F)c2)nc1. The number of aromatic nitrogens is 2. The van der Waals surface area contributed by atoms with Gasteiger partial charge in [-0.1, -0.05) is 24.0 Å². The van der Waals surface area contributed by atoms with Gasteiger partial charge in [-0.05, 0) is 111 Å². The number of hydrogen-bond donors (Lipinski definition) is 2. The monoisotopic (exact) mass is 588 g/mol. The van der Waals surface area contributed by atoms with Gasteiger partial charge in [-0.3, -0.25) is 9.59 Å². The summed E-state index contributed by atoms with van der Waals surface area (Å²) in [7, 11) is 0. The van der Waals surface area contributed by atoms with E-state index in [1.807, 2.05) is 0 Å². The third kappa shape index (κ3) is 8.83. The van der Waals surface area contributed by atoms with Gasteiger partial charge in [0.05, 0.1) is 11.1 Å². The fraction of sp³-hybridized carbons (Fsp3) is 0.222. The van der Waals surface area contributed by atoms with E-state index in [4.69, 9.17) is 0 Å². The molecule has 0 aliphatic heterocycles. The Kier molecular flexibility index (Phi) is 10.1. The number of carbonyl (C=O) groups is 2. The minimum Gasteiger partial charge on any atom is -0.349 e. The maximum absolute atomic E-state index is 13.0. The first-order valence-electron chi connectivity index (χ1n) is 14.5. The Morgan fingerprint density at radius 2 is 1.05 bits per heavy atom. The molecule has 220 valence electrons. The molecule has 2 N–H and O–H groups in total. The third-order valence-electron chi connectivity index (χ3n) is 7.25. The van der Waals surface area contributed by atoms with Gasteiger partial charge in [0, 0.05) is 35.6 Å². The zero-order valence-corrected chi connectivity index (χ0v) is 23.9. The lowest BCUT2D eigenvalue weighted by atomic mass is 9.93. The molecule has 2 fully saturated rings. The van der Waals surface area contributed by atoms with Gasteiger partial charge in [0.1, 0.15) is 23.0 Å². The van der Waals surface area contributed by atoms with Crippen LogP contribution in [-0.4, -0.2) is 33.9 Å². The molecule has 8 heteroatoms. The first kappa shape index (κ1) is 30.1. The number of rotatable bonds is 4. The number of carbonyl (C=O) groups excluding carboxylic acids is 2. The molecule has 4 aromatic rings. The molecule has 2 aliphatic rings. The van der Waals surface area contributed by atoms with Crippen LogP contribution in [0.5, 0.6) is 0 Å². The Labute approximate surface area is 255 Å². The molecule has 0 atom stereocenters. The molecule has 0 spiro atoms. The standard InChI is InChI=1S/2C18H15FN2O/c2*19-15-4-1-3-13(11-15)7-9-16-10-8-14(12-20-16)18(22)21-17-5-2-6-17/h2*1,3-4,8,10-12,17H,2,5-6H2,(H,21,22). The van der Waals surface area contributed by atoms with Gasteiger partial charge in [0.2, 0.25) is 0 Å². The highest BCUT2D eigenvalue weighted by Gasteiger charge is 2.21. The van der Waals surface area contributed by atoms with E-state index < -0.39 is 0 Å². The van der Waals surface area contributed by atoms with Crippen LogP contribution in [0.3, 0.4) is 0 Å². The Balaban J connectivity index is 0.000000175. The van der Waals surface area contributed by atoms with Crippen molar-refractivity contribution in [2.24, 2.45) is 0 Å². The lowest BCUT2D eigenvalue weighted by molar-refractivity contribution is 0.0908. The van der Waals surface area contributed by atoms with Crippen LogP contribution in [0.25, 0.3) is 0 Å². The molecule has 2 saturated carbocycles. The molecule has 0 unspecified atom stereocenters. The maximum atomic E-state index is 13.0. The van der Waals surface area contributed by atoms with Crippen molar-refractivity contribution in [1.29, 1.82) is 0 Å². The topological polar surface area (TPSA) is 84.0 Å². The second kappa shape index (κ2) is 14.7. The molecule has 6 nitrogen and oxygen atoms in total. The number of nitrogens with zero attached hydrogens (tertiary/aromatic N) is 2. The fourth-order valence-electron chi connectivity index (χ4n) is 4.25. The molecule has 0 saturated heterocycles. The fourth-order valence-corrected chi connectivity index (χ4v) is 4.25. The van der Waals surface area contributed by atoms with E-state index in [1.54, 1.807) is 48.5 Å². The quantitative estimate of drug-likeness (QED) is 0.295. The highest BCUT2D eigenvalue weighted by molar-refractivity contribution is 5.94. The average Bonchev–Trinajstić information content (AvgIpc) is 2.99. The van der Waals surface area contributed by atoms with Gasteiger partial charge in [0.25, 0.3) is 11.8 Å². The van der Waals surface area contributed by atoms with E-state index >= 15 is 0 Å². The Morgan fingerprint density at radius 1 is 0.614 bits per heavy atom. The van der Waals surface area contributed by atoms with Gasteiger partial charge < -0.3 is 10.6 Å². The van der Waals surface area contributed by atoms with Crippen molar-refractivity contribution in [2.45, 2.75) is 50.6 Å². The van der Waals surface area contributed by atoms with Gasteiger partial charge in [-0.15, -0.1) is 0 Å². The van der Waals surface area contributed by atoms with Crippen LogP contribution in [0.15, 0.2) is 85.2 Å². The summed E-state index contributed by atoms with van der Waals surface area (Å²) >= 11 is 0. The maximum Gasteiger partial charge on any atom is 0.253 e. The molecule has 2 aromatic heterocycles. The van der Waals surface area contributed by atoms with Crippen molar-refractivity contribution >= 4 is 11.8 Å². The summed E-state index contributed by atoms with van der Waals surface area (Å²) in [5.41, 5.74) is 3.34. The van der Waals surface area contributed by atoms with E-state index in [2.05, 4.69) is 44.3 Å². The van der Waals surface area contributed by atoms with Gasteiger partial charge >= 0.3 is 0 Å². The zero-order chi connectivity index (χ0) is 30.7. The minimum atomic E-state index is -0.317. The van der Waals surface area contributed by atoms with Crippen molar-refractivity contribution in [2.75, 3.05) is 0 Å². The number of hydrogen-bond acceptors (Lipinski definition) is 4. The molecular formula is C36H30F2N4O2. The van der Waals surface area contributed by atoms with Crippen molar-refractivity contribution in [1.82, 2.24) is 20.6 Å². The van der Waals surface area contributed by atoms with Crippen LogP contribution in [0.1, 0.15) is 81.8 Å². The number of halogens is 2. The Hall–Kier alpha value is -5.34. The molecular weight excluding hydrogens is 558 g/mol. The summed E-state index contributed by atoms with van der Waals surface area (Å²) in [5.74, 6) is 10.6. The average molecular weight is 589 g/mol. The molecule has 0 radical (unpaired) electrons. The number of nitrogens with one attached hydrogen (secondary N) is 2. The molecule has 2 aromatic carbocycles. The van der Waals surface area contributed by atoms with Gasteiger partial charge in [-0.2, -0.15) is 0 Å². The second-order valence-electron chi connectivity index (χ2n) is 10.6. The first-order valence-corrected chi connectivity index (χ1v) is 14.5. The summed E-state index contributed by atoms with van der Waals surface area (Å²) in [5, 5.41) is 5.92. The Bertz CT molecular complexity index is 1610. The summed E-state index contributed by atoms with van der Waals surface area (Å²) in [4.78, 5) is 32.2. The van der Waals surface area contributed by atoms with Crippen molar-refractivity contribution < 1.29 is 18.4 Å². The number of amides is 2. The summed E-state index contributed by atoms with van der Waals surface area (Å²) < 4.78 is 26.1.